The number of nitrogens with two attached hydrogens (primary N) is 2. The van der Waals surface area contributed by atoms with Crippen molar-refractivity contribution in [2.75, 3.05) is 0 Å². The van der Waals surface area contributed by atoms with Gasteiger partial charge < -0.3 is 32.5 Å². The van der Waals surface area contributed by atoms with Gasteiger partial charge in [-0.05, 0) is 18.4 Å². The first-order chi connectivity index (χ1) is 15.5. The van der Waals surface area contributed by atoms with Gasteiger partial charge in [0.05, 0.1) is 12.5 Å². The van der Waals surface area contributed by atoms with Crippen molar-refractivity contribution < 1.29 is 29.1 Å². The highest BCUT2D eigenvalue weighted by Gasteiger charge is 2.30. The van der Waals surface area contributed by atoms with E-state index in [0.717, 1.165) is 5.56 Å². The van der Waals surface area contributed by atoms with E-state index in [0.29, 0.717) is 6.42 Å². The van der Waals surface area contributed by atoms with Gasteiger partial charge in [0.25, 0.3) is 0 Å². The van der Waals surface area contributed by atoms with Crippen molar-refractivity contribution in [3.05, 3.63) is 35.9 Å². The molecular weight excluding hydrogens is 430 g/mol. The van der Waals surface area contributed by atoms with Crippen molar-refractivity contribution in [3.63, 3.8) is 0 Å². The Balaban J connectivity index is 2.92. The summed E-state index contributed by atoms with van der Waals surface area (Å²) in [5, 5.41) is 16.4. The number of amides is 4. The Kier molecular flexibility index (Phi) is 11.0. The number of aliphatic carboxylic acids is 1. The van der Waals surface area contributed by atoms with E-state index in [1.54, 1.807) is 24.3 Å². The van der Waals surface area contributed by atoms with Crippen molar-refractivity contribution >= 4 is 29.6 Å². The third kappa shape index (κ3) is 9.27. The Hall–Kier alpha value is -3.47. The van der Waals surface area contributed by atoms with Gasteiger partial charge in [0.1, 0.15) is 18.1 Å². The summed E-state index contributed by atoms with van der Waals surface area (Å²) in [4.78, 5) is 60.1. The molecule has 11 nitrogen and oxygen atoms in total. The molecule has 8 N–H and O–H groups in total. The van der Waals surface area contributed by atoms with Crippen LogP contribution >= 0.6 is 0 Å². The van der Waals surface area contributed by atoms with E-state index >= 15 is 0 Å². The van der Waals surface area contributed by atoms with Gasteiger partial charge in [-0.25, -0.2) is 4.79 Å². The summed E-state index contributed by atoms with van der Waals surface area (Å²) < 4.78 is 0. The summed E-state index contributed by atoms with van der Waals surface area (Å²) in [7, 11) is 0. The van der Waals surface area contributed by atoms with Gasteiger partial charge >= 0.3 is 5.97 Å². The van der Waals surface area contributed by atoms with E-state index in [-0.39, 0.29) is 12.3 Å². The Labute approximate surface area is 192 Å². The predicted octanol–water partition coefficient (Wildman–Crippen LogP) is -0.963. The lowest BCUT2D eigenvalue weighted by Gasteiger charge is -2.25. The number of carboxylic acids is 1. The molecule has 0 fully saturated rings. The van der Waals surface area contributed by atoms with Gasteiger partial charge in [-0.1, -0.05) is 50.6 Å². The SMILES string of the molecule is CCC(C)C(N)C(=O)NC(Cc1ccccc1)C(=O)NC(C)C(=O)NC(CC(N)=O)C(=O)O. The first kappa shape index (κ1) is 27.6. The minimum atomic E-state index is -1.53. The second-order valence-electron chi connectivity index (χ2n) is 7.96. The maximum Gasteiger partial charge on any atom is 0.326 e. The second kappa shape index (κ2) is 13.2. The van der Waals surface area contributed by atoms with E-state index in [2.05, 4.69) is 16.0 Å². The maximum absolute atomic E-state index is 12.9. The molecule has 33 heavy (non-hydrogen) atoms. The summed E-state index contributed by atoms with van der Waals surface area (Å²) in [6.45, 7) is 5.07. The van der Waals surface area contributed by atoms with Crippen LogP contribution in [0.4, 0.5) is 0 Å². The third-order valence-corrected chi connectivity index (χ3v) is 5.25. The Morgan fingerprint density at radius 1 is 0.909 bits per heavy atom. The number of benzene rings is 1. The monoisotopic (exact) mass is 463 g/mol. The highest BCUT2D eigenvalue weighted by molar-refractivity contribution is 5.94. The lowest BCUT2D eigenvalue weighted by molar-refractivity contribution is -0.143. The van der Waals surface area contributed by atoms with E-state index in [1.165, 1.54) is 6.92 Å². The lowest BCUT2D eigenvalue weighted by atomic mass is 9.98. The largest absolute Gasteiger partial charge is 0.480 e. The molecule has 0 aliphatic carbocycles. The molecule has 0 aromatic heterocycles. The highest BCUT2D eigenvalue weighted by Crippen LogP contribution is 2.08. The summed E-state index contributed by atoms with van der Waals surface area (Å²) in [6, 6.07) is 4.46. The molecule has 0 aliphatic heterocycles. The molecule has 0 saturated heterocycles. The minimum absolute atomic E-state index is 0.103. The van der Waals surface area contributed by atoms with Crippen LogP contribution in [0.15, 0.2) is 30.3 Å². The number of rotatable bonds is 13. The normalized spacial score (nSPS) is 15.3. The average Bonchev–Trinajstić information content (AvgIpc) is 2.77. The summed E-state index contributed by atoms with van der Waals surface area (Å²) in [6.07, 6.45) is 0.235. The zero-order chi connectivity index (χ0) is 25.1. The number of carbonyl (C=O) groups is 5. The first-order valence-electron chi connectivity index (χ1n) is 10.7. The van der Waals surface area contributed by atoms with Crippen molar-refractivity contribution in [1.82, 2.24) is 16.0 Å². The number of carboxylic acid groups (broad SMARTS) is 1. The number of nitrogens with one attached hydrogen (secondary N) is 3. The van der Waals surface area contributed by atoms with Crippen molar-refractivity contribution in [2.24, 2.45) is 17.4 Å². The fourth-order valence-electron chi connectivity index (χ4n) is 2.92. The first-order valence-corrected chi connectivity index (χ1v) is 10.7. The number of primary amides is 1. The van der Waals surface area contributed by atoms with Gasteiger partial charge in [0.2, 0.25) is 23.6 Å². The van der Waals surface area contributed by atoms with Gasteiger partial charge in [-0.3, -0.25) is 19.2 Å². The number of hydrogen-bond donors (Lipinski definition) is 6. The molecule has 0 saturated carbocycles. The lowest BCUT2D eigenvalue weighted by Crippen LogP contribution is -2.57. The standard InChI is InChI=1S/C22H33N5O6/c1-4-12(2)18(24)21(31)26-15(10-14-8-6-5-7-9-14)20(30)25-13(3)19(29)27-16(22(32)33)11-17(23)28/h5-9,12-13,15-16,18H,4,10-11,24H2,1-3H3,(H2,23,28)(H,25,30)(H,26,31)(H,27,29)(H,32,33). The van der Waals surface area contributed by atoms with E-state index in [4.69, 9.17) is 16.6 Å². The Morgan fingerprint density at radius 3 is 2.00 bits per heavy atom. The molecule has 182 valence electrons. The van der Waals surface area contributed by atoms with Gasteiger partial charge in [-0.2, -0.15) is 0 Å². The Morgan fingerprint density at radius 2 is 1.48 bits per heavy atom. The summed E-state index contributed by atoms with van der Waals surface area (Å²) >= 11 is 0. The van der Waals surface area contributed by atoms with Gasteiger partial charge in [0, 0.05) is 6.42 Å². The molecule has 5 atom stereocenters. The molecule has 0 heterocycles. The fourth-order valence-corrected chi connectivity index (χ4v) is 2.92. The number of carbonyl (C=O) groups excluding carboxylic acids is 4. The third-order valence-electron chi connectivity index (χ3n) is 5.25. The Bertz CT molecular complexity index is 847. The zero-order valence-electron chi connectivity index (χ0n) is 19.0. The van der Waals surface area contributed by atoms with Crippen molar-refractivity contribution in [3.8, 4) is 0 Å². The predicted molar refractivity (Wildman–Crippen MR) is 120 cm³/mol. The van der Waals surface area contributed by atoms with Crippen LogP contribution in [0.3, 0.4) is 0 Å². The minimum Gasteiger partial charge on any atom is -0.480 e. The van der Waals surface area contributed by atoms with Crippen molar-refractivity contribution in [2.45, 2.75) is 64.2 Å². The molecular formula is C22H33N5O6. The van der Waals surface area contributed by atoms with Crippen LogP contribution < -0.4 is 27.4 Å². The molecule has 0 aliphatic rings. The number of hydrogen-bond acceptors (Lipinski definition) is 6. The quantitative estimate of drug-likeness (QED) is 0.217. The van der Waals surface area contributed by atoms with Crippen LogP contribution in [0.25, 0.3) is 0 Å². The topological polar surface area (TPSA) is 194 Å². The molecule has 1 aromatic carbocycles. The molecule has 1 rings (SSSR count). The molecule has 1 aromatic rings. The molecule has 5 unspecified atom stereocenters. The zero-order valence-corrected chi connectivity index (χ0v) is 19.0. The second-order valence-corrected chi connectivity index (χ2v) is 7.96. The van der Waals surface area contributed by atoms with Crippen molar-refractivity contribution in [1.29, 1.82) is 0 Å². The fraction of sp³-hybridized carbons (Fsp3) is 0.500. The van der Waals surface area contributed by atoms with E-state index in [1.807, 2.05) is 19.9 Å². The van der Waals surface area contributed by atoms with Crippen LogP contribution in [0.1, 0.15) is 39.2 Å². The van der Waals surface area contributed by atoms with Gasteiger partial charge in [-0.15, -0.1) is 0 Å². The summed E-state index contributed by atoms with van der Waals surface area (Å²) in [5.74, 6) is -4.40. The average molecular weight is 464 g/mol. The van der Waals surface area contributed by atoms with Crippen LogP contribution in [0, 0.1) is 5.92 Å². The van der Waals surface area contributed by atoms with Crippen LogP contribution in [0.2, 0.25) is 0 Å². The van der Waals surface area contributed by atoms with Crippen LogP contribution in [-0.2, 0) is 30.4 Å². The smallest absolute Gasteiger partial charge is 0.326 e. The maximum atomic E-state index is 12.9. The van der Waals surface area contributed by atoms with Crippen LogP contribution in [0.5, 0.6) is 0 Å². The molecule has 0 bridgehead atoms. The molecule has 0 radical (unpaired) electrons. The van der Waals surface area contributed by atoms with Gasteiger partial charge in [0.15, 0.2) is 0 Å². The summed E-state index contributed by atoms with van der Waals surface area (Å²) in [5.41, 5.74) is 11.8. The van der Waals surface area contributed by atoms with E-state index in [9.17, 15) is 24.0 Å². The highest BCUT2D eigenvalue weighted by atomic mass is 16.4. The van der Waals surface area contributed by atoms with E-state index < -0.39 is 60.2 Å². The molecule has 4 amide bonds. The molecule has 11 heteroatoms. The van der Waals surface area contributed by atoms with Crippen LogP contribution in [-0.4, -0.2) is 58.9 Å². The molecule has 0 spiro atoms.